The Bertz CT molecular complexity index is 888. The highest BCUT2D eigenvalue weighted by Crippen LogP contribution is 2.37. The van der Waals surface area contributed by atoms with Crippen molar-refractivity contribution in [3.05, 3.63) is 28.5 Å². The second-order valence-corrected chi connectivity index (χ2v) is 6.41. The number of aromatic nitrogens is 2. The number of alkyl halides is 4. The number of halogens is 6. The molecule has 29 heavy (non-hydrogen) atoms. The number of piperidine rings is 1. The minimum absolute atomic E-state index is 0. The molecule has 0 aliphatic carbocycles. The van der Waals surface area contributed by atoms with E-state index in [-0.39, 0.29) is 36.1 Å². The smallest absolute Gasteiger partial charge is 0.400 e. The minimum atomic E-state index is -5.14. The van der Waals surface area contributed by atoms with Crippen molar-refractivity contribution in [3.63, 3.8) is 0 Å². The molecule has 1 aromatic carbocycles. The van der Waals surface area contributed by atoms with E-state index in [1.165, 1.54) is 0 Å². The lowest BCUT2D eigenvalue weighted by Gasteiger charge is -2.33. The zero-order valence-corrected chi connectivity index (χ0v) is 15.8. The molecule has 7 nitrogen and oxygen atoms in total. The van der Waals surface area contributed by atoms with E-state index in [1.54, 1.807) is 6.92 Å². The molecule has 2 aromatic rings. The van der Waals surface area contributed by atoms with Gasteiger partial charge < -0.3 is 19.8 Å². The predicted octanol–water partition coefficient (Wildman–Crippen LogP) is 3.24. The number of hydrogen-bond acceptors (Lipinski definition) is 6. The van der Waals surface area contributed by atoms with Crippen LogP contribution in [0.25, 0.3) is 11.5 Å². The van der Waals surface area contributed by atoms with Crippen LogP contribution in [0.1, 0.15) is 13.3 Å². The fourth-order valence-electron chi connectivity index (χ4n) is 3.15. The summed E-state index contributed by atoms with van der Waals surface area (Å²) in [6, 6.07) is 1.15. The fourth-order valence-corrected chi connectivity index (χ4v) is 3.15. The number of nitrogens with one attached hydrogen (secondary N) is 3. The summed E-state index contributed by atoms with van der Waals surface area (Å²) >= 11 is 0. The Labute approximate surface area is 167 Å². The molecule has 13 heteroatoms. The van der Waals surface area contributed by atoms with Gasteiger partial charge in [0, 0.05) is 24.1 Å². The molecule has 3 atom stereocenters. The van der Waals surface area contributed by atoms with Crippen molar-refractivity contribution < 1.29 is 31.1 Å². The highest BCUT2D eigenvalue weighted by molar-refractivity contribution is 5.85. The lowest BCUT2D eigenvalue weighted by Crippen LogP contribution is -2.44. The first-order chi connectivity index (χ1) is 13.1. The standard InChI is InChI=1S/C16H17F5N4O3.ClH/c1-7(9-2-3-22-6-11(9)18)23-12-5-8(14-24-25-15(26)27-14)4-10(17)13(12)28-16(19,20)21;/h4-5,7,9,11,22-23H,2-3,6H2,1H3,(H,25,26);1H/t7?,9-,11-;/m1./s1. The van der Waals surface area contributed by atoms with Crippen LogP contribution < -0.4 is 21.1 Å². The summed E-state index contributed by atoms with van der Waals surface area (Å²) in [5.41, 5.74) is -0.460. The molecule has 3 rings (SSSR count). The number of nitrogens with zero attached hydrogens (tertiary/aromatic N) is 1. The molecule has 0 amide bonds. The number of benzene rings is 1. The molecular formula is C16H18ClF5N4O3. The van der Waals surface area contributed by atoms with Gasteiger partial charge in [-0.2, -0.15) is 0 Å². The summed E-state index contributed by atoms with van der Waals surface area (Å²) in [5.74, 6) is -4.18. The number of anilines is 1. The molecule has 1 aliphatic rings. The van der Waals surface area contributed by atoms with Crippen molar-refractivity contribution in [1.29, 1.82) is 0 Å². The second-order valence-electron chi connectivity index (χ2n) is 6.41. The van der Waals surface area contributed by atoms with Crippen LogP contribution >= 0.6 is 12.4 Å². The van der Waals surface area contributed by atoms with Gasteiger partial charge in [-0.3, -0.25) is 0 Å². The third-order valence-corrected chi connectivity index (χ3v) is 4.43. The zero-order chi connectivity index (χ0) is 20.5. The Hall–Kier alpha value is -2.34. The predicted molar refractivity (Wildman–Crippen MR) is 95.4 cm³/mol. The molecule has 1 aromatic heterocycles. The third kappa shape index (κ3) is 5.60. The summed E-state index contributed by atoms with van der Waals surface area (Å²) in [4.78, 5) is 11.1. The lowest BCUT2D eigenvalue weighted by molar-refractivity contribution is -0.275. The summed E-state index contributed by atoms with van der Waals surface area (Å²) in [7, 11) is 0. The molecule has 1 aliphatic heterocycles. The molecule has 3 N–H and O–H groups in total. The van der Waals surface area contributed by atoms with Crippen molar-refractivity contribution in [1.82, 2.24) is 15.5 Å². The molecule has 2 heterocycles. The number of ether oxygens (including phenoxy) is 1. The Balaban J connectivity index is 0.00000300. The van der Waals surface area contributed by atoms with Gasteiger partial charge in [-0.05, 0) is 32.0 Å². The van der Waals surface area contributed by atoms with Gasteiger partial charge in [0.2, 0.25) is 5.89 Å². The first kappa shape index (κ1) is 22.9. The van der Waals surface area contributed by atoms with Crippen molar-refractivity contribution >= 4 is 18.1 Å². The SMILES string of the molecule is CC(Nc1cc(-c2n[nH]c(=O)o2)cc(F)c1OC(F)(F)F)[C@H]1CCNC[C@H]1F.Cl. The average molecular weight is 445 g/mol. The largest absolute Gasteiger partial charge is 0.573 e. The van der Waals surface area contributed by atoms with Crippen LogP contribution in [0.2, 0.25) is 0 Å². The highest BCUT2D eigenvalue weighted by Gasteiger charge is 2.35. The Morgan fingerprint density at radius 3 is 2.69 bits per heavy atom. The quantitative estimate of drug-likeness (QED) is 0.613. The molecule has 1 unspecified atom stereocenters. The number of H-pyrrole nitrogens is 1. The van der Waals surface area contributed by atoms with Gasteiger partial charge in [0.15, 0.2) is 11.6 Å². The van der Waals surface area contributed by atoms with E-state index in [0.717, 1.165) is 6.07 Å². The zero-order valence-electron chi connectivity index (χ0n) is 15.0. The molecule has 0 radical (unpaired) electrons. The van der Waals surface area contributed by atoms with Crippen LogP contribution in [0, 0.1) is 11.7 Å². The van der Waals surface area contributed by atoms with Crippen molar-refractivity contribution in [2.45, 2.75) is 31.9 Å². The maximum atomic E-state index is 14.4. The maximum Gasteiger partial charge on any atom is 0.573 e. The van der Waals surface area contributed by atoms with E-state index in [9.17, 15) is 26.7 Å². The Morgan fingerprint density at radius 2 is 2.10 bits per heavy atom. The van der Waals surface area contributed by atoms with Crippen LogP contribution in [0.3, 0.4) is 0 Å². The second kappa shape index (κ2) is 8.99. The molecule has 1 fully saturated rings. The van der Waals surface area contributed by atoms with Gasteiger partial charge in [-0.25, -0.2) is 18.7 Å². The third-order valence-electron chi connectivity index (χ3n) is 4.43. The summed E-state index contributed by atoms with van der Waals surface area (Å²) < 4.78 is 75.2. The van der Waals surface area contributed by atoms with Gasteiger partial charge in [0.1, 0.15) is 6.17 Å². The van der Waals surface area contributed by atoms with Crippen molar-refractivity contribution in [2.75, 3.05) is 18.4 Å². The van der Waals surface area contributed by atoms with E-state index in [1.807, 2.05) is 5.10 Å². The van der Waals surface area contributed by atoms with Crippen molar-refractivity contribution in [2.24, 2.45) is 5.92 Å². The van der Waals surface area contributed by atoms with Crippen LogP contribution in [-0.2, 0) is 0 Å². The molecule has 0 spiro atoms. The lowest BCUT2D eigenvalue weighted by atomic mass is 9.89. The van der Waals surface area contributed by atoms with E-state index in [2.05, 4.69) is 20.5 Å². The number of aromatic amines is 1. The minimum Gasteiger partial charge on any atom is -0.400 e. The topological polar surface area (TPSA) is 92.2 Å². The highest BCUT2D eigenvalue weighted by atomic mass is 35.5. The van der Waals surface area contributed by atoms with E-state index in [4.69, 9.17) is 4.42 Å². The first-order valence-corrected chi connectivity index (χ1v) is 8.40. The van der Waals surface area contributed by atoms with E-state index < -0.39 is 41.8 Å². The molecule has 0 bridgehead atoms. The fraction of sp³-hybridized carbons (Fsp3) is 0.500. The monoisotopic (exact) mass is 444 g/mol. The summed E-state index contributed by atoms with van der Waals surface area (Å²) in [5, 5.41) is 11.1. The molecule has 1 saturated heterocycles. The molecule has 162 valence electrons. The summed E-state index contributed by atoms with van der Waals surface area (Å²) in [6.07, 6.45) is -5.92. The Morgan fingerprint density at radius 1 is 1.38 bits per heavy atom. The first-order valence-electron chi connectivity index (χ1n) is 8.40. The maximum absolute atomic E-state index is 14.4. The van der Waals surface area contributed by atoms with Crippen LogP contribution in [0.5, 0.6) is 5.75 Å². The molecular weight excluding hydrogens is 427 g/mol. The number of hydrogen-bond donors (Lipinski definition) is 3. The van der Waals surface area contributed by atoms with E-state index in [0.29, 0.717) is 19.0 Å². The normalized spacial score (nSPS) is 20.6. The van der Waals surface area contributed by atoms with Gasteiger partial charge >= 0.3 is 12.1 Å². The Kier molecular flexibility index (Phi) is 7.11. The number of rotatable bonds is 5. The van der Waals surface area contributed by atoms with Crippen LogP contribution in [0.15, 0.2) is 21.3 Å². The van der Waals surface area contributed by atoms with Gasteiger partial charge in [-0.1, -0.05) is 0 Å². The van der Waals surface area contributed by atoms with Crippen LogP contribution in [0.4, 0.5) is 27.6 Å². The van der Waals surface area contributed by atoms with Gasteiger partial charge in [0.25, 0.3) is 0 Å². The van der Waals surface area contributed by atoms with Gasteiger partial charge in [-0.15, -0.1) is 30.7 Å². The molecule has 0 saturated carbocycles. The summed E-state index contributed by atoms with van der Waals surface area (Å²) in [6.45, 7) is 2.25. The van der Waals surface area contributed by atoms with Gasteiger partial charge in [0.05, 0.1) is 5.69 Å². The van der Waals surface area contributed by atoms with Crippen LogP contribution in [-0.4, -0.2) is 41.9 Å². The average Bonchev–Trinajstić information content (AvgIpc) is 3.03. The van der Waals surface area contributed by atoms with Crippen molar-refractivity contribution in [3.8, 4) is 17.2 Å². The van der Waals surface area contributed by atoms with E-state index >= 15 is 0 Å².